The molecule has 0 radical (unpaired) electrons. The van der Waals surface area contributed by atoms with Crippen LogP contribution in [-0.2, 0) is 0 Å². The molecule has 0 saturated heterocycles. The Morgan fingerprint density at radius 2 is 1.88 bits per heavy atom. The van der Waals surface area contributed by atoms with Crippen molar-refractivity contribution >= 4 is 28.6 Å². The quantitative estimate of drug-likeness (QED) is 0.432. The second kappa shape index (κ2) is 6.68. The number of aromatic nitrogens is 1. The number of hydrogen-bond donors (Lipinski definition) is 1. The van der Waals surface area contributed by atoms with Gasteiger partial charge in [0.2, 0.25) is 0 Å². The van der Waals surface area contributed by atoms with Gasteiger partial charge in [0.1, 0.15) is 5.82 Å². The standard InChI is InChI=1S/C19H18N4O2/c1-12-8-14(3)19-16(9-12)13(2)10-18(21-19)22-20-11-15-6-4-5-7-17(15)23(24)25/h4-11H,1-3H3,(H,21,22). The first kappa shape index (κ1) is 16.6. The second-order valence-electron chi connectivity index (χ2n) is 5.99. The van der Waals surface area contributed by atoms with Crippen molar-refractivity contribution in [3.63, 3.8) is 0 Å². The van der Waals surface area contributed by atoms with Gasteiger partial charge in [-0.25, -0.2) is 4.98 Å². The number of anilines is 1. The fourth-order valence-electron chi connectivity index (χ4n) is 2.83. The predicted octanol–water partition coefficient (Wildman–Crippen LogP) is 4.51. The highest BCUT2D eigenvalue weighted by Gasteiger charge is 2.10. The van der Waals surface area contributed by atoms with Gasteiger partial charge in [0.15, 0.2) is 0 Å². The Balaban J connectivity index is 1.91. The number of hydrogen-bond acceptors (Lipinski definition) is 5. The molecule has 0 bridgehead atoms. The number of para-hydroxylation sites is 1. The number of rotatable bonds is 4. The van der Waals surface area contributed by atoms with Crippen LogP contribution in [0, 0.1) is 30.9 Å². The van der Waals surface area contributed by atoms with Crippen molar-refractivity contribution in [3.8, 4) is 0 Å². The third kappa shape index (κ3) is 3.47. The lowest BCUT2D eigenvalue weighted by molar-refractivity contribution is -0.385. The topological polar surface area (TPSA) is 80.4 Å². The van der Waals surface area contributed by atoms with Gasteiger partial charge in [-0.2, -0.15) is 5.10 Å². The molecule has 0 unspecified atom stereocenters. The number of pyridine rings is 1. The molecule has 0 aliphatic rings. The first-order valence-corrected chi connectivity index (χ1v) is 7.87. The summed E-state index contributed by atoms with van der Waals surface area (Å²) in [6.07, 6.45) is 1.43. The molecule has 6 heteroatoms. The highest BCUT2D eigenvalue weighted by molar-refractivity contribution is 5.88. The smallest absolute Gasteiger partial charge is 0.261 e. The zero-order valence-electron chi connectivity index (χ0n) is 14.3. The Bertz CT molecular complexity index is 996. The molecule has 3 rings (SSSR count). The van der Waals surface area contributed by atoms with Gasteiger partial charge < -0.3 is 0 Å². The number of aryl methyl sites for hydroxylation is 3. The fourth-order valence-corrected chi connectivity index (χ4v) is 2.83. The zero-order valence-corrected chi connectivity index (χ0v) is 14.3. The van der Waals surface area contributed by atoms with Crippen LogP contribution >= 0.6 is 0 Å². The van der Waals surface area contributed by atoms with Crippen molar-refractivity contribution in [3.05, 3.63) is 74.8 Å². The van der Waals surface area contributed by atoms with E-state index in [2.05, 4.69) is 34.6 Å². The third-order valence-electron chi connectivity index (χ3n) is 3.97. The molecule has 0 fully saturated rings. The minimum atomic E-state index is -0.425. The Labute approximate surface area is 145 Å². The van der Waals surface area contributed by atoms with Crippen LogP contribution in [0.25, 0.3) is 10.9 Å². The minimum Gasteiger partial charge on any atom is -0.261 e. The van der Waals surface area contributed by atoms with Gasteiger partial charge in [-0.15, -0.1) is 0 Å². The number of nitro groups is 1. The molecule has 1 heterocycles. The lowest BCUT2D eigenvalue weighted by Crippen LogP contribution is -1.98. The molecule has 2 aromatic carbocycles. The van der Waals surface area contributed by atoms with Crippen LogP contribution in [0.2, 0.25) is 0 Å². The molecule has 3 aromatic rings. The highest BCUT2D eigenvalue weighted by atomic mass is 16.6. The molecule has 6 nitrogen and oxygen atoms in total. The number of hydrazone groups is 1. The molecule has 0 saturated carbocycles. The lowest BCUT2D eigenvalue weighted by atomic mass is 10.0. The Morgan fingerprint density at radius 1 is 1.12 bits per heavy atom. The molecule has 0 aliphatic heterocycles. The fraction of sp³-hybridized carbons (Fsp3) is 0.158. The Hall–Kier alpha value is -3.28. The zero-order chi connectivity index (χ0) is 18.0. The van der Waals surface area contributed by atoms with E-state index in [0.717, 1.165) is 22.0 Å². The molecule has 25 heavy (non-hydrogen) atoms. The molecule has 1 N–H and O–H groups in total. The molecule has 0 aliphatic carbocycles. The number of nitrogens with zero attached hydrogens (tertiary/aromatic N) is 3. The van der Waals surface area contributed by atoms with E-state index in [9.17, 15) is 10.1 Å². The largest absolute Gasteiger partial charge is 0.278 e. The molecule has 0 spiro atoms. The second-order valence-corrected chi connectivity index (χ2v) is 5.99. The average molecular weight is 334 g/mol. The van der Waals surface area contributed by atoms with E-state index >= 15 is 0 Å². The van der Waals surface area contributed by atoms with E-state index in [1.54, 1.807) is 18.2 Å². The maximum atomic E-state index is 11.0. The summed E-state index contributed by atoms with van der Waals surface area (Å²) < 4.78 is 0. The van der Waals surface area contributed by atoms with Crippen molar-refractivity contribution in [1.29, 1.82) is 0 Å². The van der Waals surface area contributed by atoms with Gasteiger partial charge in [0.05, 0.1) is 22.2 Å². The lowest BCUT2D eigenvalue weighted by Gasteiger charge is -2.09. The number of nitro benzene ring substituents is 1. The average Bonchev–Trinajstić information content (AvgIpc) is 2.56. The van der Waals surface area contributed by atoms with E-state index in [1.165, 1.54) is 17.8 Å². The van der Waals surface area contributed by atoms with Gasteiger partial charge in [-0.3, -0.25) is 15.5 Å². The summed E-state index contributed by atoms with van der Waals surface area (Å²) in [5.41, 5.74) is 7.64. The Kier molecular flexibility index (Phi) is 4.43. The van der Waals surface area contributed by atoms with Crippen molar-refractivity contribution in [2.45, 2.75) is 20.8 Å². The Morgan fingerprint density at radius 3 is 2.64 bits per heavy atom. The van der Waals surface area contributed by atoms with Gasteiger partial charge in [-0.1, -0.05) is 23.8 Å². The van der Waals surface area contributed by atoms with Crippen LogP contribution in [0.3, 0.4) is 0 Å². The van der Waals surface area contributed by atoms with Crippen molar-refractivity contribution < 1.29 is 4.92 Å². The van der Waals surface area contributed by atoms with Crippen LogP contribution < -0.4 is 5.43 Å². The molecule has 126 valence electrons. The highest BCUT2D eigenvalue weighted by Crippen LogP contribution is 2.24. The summed E-state index contributed by atoms with van der Waals surface area (Å²) in [5, 5.41) is 16.2. The first-order chi connectivity index (χ1) is 12.0. The predicted molar refractivity (Wildman–Crippen MR) is 100 cm³/mol. The van der Waals surface area contributed by atoms with Gasteiger partial charge in [0.25, 0.3) is 5.69 Å². The van der Waals surface area contributed by atoms with E-state index in [1.807, 2.05) is 19.9 Å². The molecule has 0 atom stereocenters. The third-order valence-corrected chi connectivity index (χ3v) is 3.97. The number of benzene rings is 2. The summed E-state index contributed by atoms with van der Waals surface area (Å²) >= 11 is 0. The normalized spacial score (nSPS) is 11.2. The SMILES string of the molecule is Cc1cc(C)c2nc(NN=Cc3ccccc3[N+](=O)[O-])cc(C)c2c1. The van der Waals surface area contributed by atoms with Crippen LogP contribution in [0.5, 0.6) is 0 Å². The monoisotopic (exact) mass is 334 g/mol. The first-order valence-electron chi connectivity index (χ1n) is 7.87. The van der Waals surface area contributed by atoms with Gasteiger partial charge >= 0.3 is 0 Å². The molecule has 0 amide bonds. The summed E-state index contributed by atoms with van der Waals surface area (Å²) in [4.78, 5) is 15.2. The van der Waals surface area contributed by atoms with Crippen molar-refractivity contribution in [1.82, 2.24) is 4.98 Å². The van der Waals surface area contributed by atoms with Crippen LogP contribution in [0.4, 0.5) is 11.5 Å². The minimum absolute atomic E-state index is 0.0158. The maximum absolute atomic E-state index is 11.0. The molecular weight excluding hydrogens is 316 g/mol. The van der Waals surface area contributed by atoms with Gasteiger partial charge in [-0.05, 0) is 50.1 Å². The summed E-state index contributed by atoms with van der Waals surface area (Å²) in [6.45, 7) is 6.12. The van der Waals surface area contributed by atoms with Crippen LogP contribution in [0.15, 0.2) is 47.6 Å². The van der Waals surface area contributed by atoms with Crippen molar-refractivity contribution in [2.75, 3.05) is 5.43 Å². The van der Waals surface area contributed by atoms with Crippen LogP contribution in [0.1, 0.15) is 22.3 Å². The number of nitrogens with one attached hydrogen (secondary N) is 1. The van der Waals surface area contributed by atoms with Crippen molar-refractivity contribution in [2.24, 2.45) is 5.10 Å². The number of fused-ring (bicyclic) bond motifs is 1. The summed E-state index contributed by atoms with van der Waals surface area (Å²) in [7, 11) is 0. The van der Waals surface area contributed by atoms with E-state index < -0.39 is 4.92 Å². The molecular formula is C19H18N4O2. The summed E-state index contributed by atoms with van der Waals surface area (Å²) in [5.74, 6) is 0.604. The van der Waals surface area contributed by atoms with Gasteiger partial charge in [0, 0.05) is 11.5 Å². The molecule has 1 aromatic heterocycles. The van der Waals surface area contributed by atoms with E-state index in [4.69, 9.17) is 0 Å². The summed E-state index contributed by atoms with van der Waals surface area (Å²) in [6, 6.07) is 12.6. The van der Waals surface area contributed by atoms with E-state index in [0.29, 0.717) is 11.4 Å². The van der Waals surface area contributed by atoms with Crippen LogP contribution in [-0.4, -0.2) is 16.1 Å². The van der Waals surface area contributed by atoms with E-state index in [-0.39, 0.29) is 5.69 Å². The maximum Gasteiger partial charge on any atom is 0.278 e.